The number of methoxy groups -OCH3 is 1. The van der Waals surface area contributed by atoms with E-state index in [4.69, 9.17) is 9.47 Å². The topological polar surface area (TPSA) is 79.5 Å². The Kier molecular flexibility index (Phi) is 5.92. The zero-order chi connectivity index (χ0) is 15.1. The molecular formula is C13H18N2O5. The number of esters is 1. The minimum atomic E-state index is -0.544. The smallest absolute Gasteiger partial charge is 0.330 e. The van der Waals surface area contributed by atoms with Gasteiger partial charge in [-0.2, -0.15) is 0 Å². The third-order valence-electron chi connectivity index (χ3n) is 2.61. The molecule has 7 nitrogen and oxygen atoms in total. The summed E-state index contributed by atoms with van der Waals surface area (Å²) in [6, 6.07) is 0. The lowest BCUT2D eigenvalue weighted by atomic mass is 10.3. The van der Waals surface area contributed by atoms with Crippen molar-refractivity contribution in [1.29, 1.82) is 0 Å². The highest BCUT2D eigenvalue weighted by Crippen LogP contribution is 1.94. The summed E-state index contributed by atoms with van der Waals surface area (Å²) in [5.74, 6) is -0.544. The summed E-state index contributed by atoms with van der Waals surface area (Å²) in [6.45, 7) is 0.765. The van der Waals surface area contributed by atoms with Crippen LogP contribution in [0.15, 0.2) is 21.9 Å². The fourth-order valence-corrected chi connectivity index (χ4v) is 1.53. The van der Waals surface area contributed by atoms with E-state index in [-0.39, 0.29) is 12.2 Å². The number of ether oxygens (including phenoxy) is 2. The molecule has 1 heterocycles. The van der Waals surface area contributed by atoms with E-state index < -0.39 is 17.2 Å². The Labute approximate surface area is 116 Å². The maximum Gasteiger partial charge on any atom is 0.330 e. The minimum Gasteiger partial charge on any atom is -0.462 e. The summed E-state index contributed by atoms with van der Waals surface area (Å²) in [7, 11) is 4.48. The molecule has 0 fully saturated rings. The highest BCUT2D eigenvalue weighted by molar-refractivity contribution is 5.86. The lowest BCUT2D eigenvalue weighted by Crippen LogP contribution is -2.37. The van der Waals surface area contributed by atoms with Crippen molar-refractivity contribution in [2.24, 2.45) is 14.1 Å². The van der Waals surface area contributed by atoms with Gasteiger partial charge in [-0.15, -0.1) is 0 Å². The van der Waals surface area contributed by atoms with Gasteiger partial charge >= 0.3 is 11.7 Å². The quantitative estimate of drug-likeness (QED) is 0.406. The molecule has 7 heteroatoms. The Balaban J connectivity index is 2.74. The Morgan fingerprint density at radius 3 is 2.65 bits per heavy atom. The summed E-state index contributed by atoms with van der Waals surface area (Å²) in [6.07, 6.45) is 4.48. The largest absolute Gasteiger partial charge is 0.462 e. The first kappa shape index (κ1) is 15.9. The van der Waals surface area contributed by atoms with Gasteiger partial charge in [0.05, 0.1) is 12.2 Å². The molecular weight excluding hydrogens is 264 g/mol. The Morgan fingerprint density at radius 2 is 2.00 bits per heavy atom. The van der Waals surface area contributed by atoms with Crippen LogP contribution < -0.4 is 11.2 Å². The van der Waals surface area contributed by atoms with E-state index in [9.17, 15) is 14.4 Å². The number of hydrogen-bond acceptors (Lipinski definition) is 5. The van der Waals surface area contributed by atoms with Crippen molar-refractivity contribution in [2.75, 3.05) is 20.3 Å². The Hall–Kier alpha value is -2.15. The molecule has 1 rings (SSSR count). The fraction of sp³-hybridized carbons (Fsp3) is 0.462. The number of aryl methyl sites for hydroxylation is 1. The molecule has 110 valence electrons. The van der Waals surface area contributed by atoms with Crippen molar-refractivity contribution in [3.05, 3.63) is 38.7 Å². The van der Waals surface area contributed by atoms with Crippen LogP contribution in [0.2, 0.25) is 0 Å². The number of aromatic nitrogens is 2. The van der Waals surface area contributed by atoms with Crippen molar-refractivity contribution in [2.45, 2.75) is 6.42 Å². The zero-order valence-electron chi connectivity index (χ0n) is 11.8. The molecule has 0 aromatic carbocycles. The van der Waals surface area contributed by atoms with Gasteiger partial charge in [-0.05, 0) is 6.08 Å². The van der Waals surface area contributed by atoms with Gasteiger partial charge in [0.2, 0.25) is 0 Å². The normalized spacial score (nSPS) is 10.9. The van der Waals surface area contributed by atoms with Gasteiger partial charge in [0.15, 0.2) is 0 Å². The fourth-order valence-electron chi connectivity index (χ4n) is 1.53. The number of carbonyl (C=O) groups excluding carboxylic acids is 1. The van der Waals surface area contributed by atoms with Crippen LogP contribution in [0, 0.1) is 0 Å². The van der Waals surface area contributed by atoms with Gasteiger partial charge in [0.1, 0.15) is 0 Å². The molecule has 1 aromatic heterocycles. The van der Waals surface area contributed by atoms with Crippen LogP contribution in [0.3, 0.4) is 0 Å². The van der Waals surface area contributed by atoms with Crippen LogP contribution in [-0.4, -0.2) is 35.4 Å². The van der Waals surface area contributed by atoms with E-state index in [1.54, 1.807) is 7.11 Å². The van der Waals surface area contributed by atoms with Gasteiger partial charge in [-0.1, -0.05) is 0 Å². The van der Waals surface area contributed by atoms with Gasteiger partial charge < -0.3 is 14.0 Å². The van der Waals surface area contributed by atoms with Gasteiger partial charge in [0.25, 0.3) is 5.56 Å². The van der Waals surface area contributed by atoms with Crippen molar-refractivity contribution in [3.63, 3.8) is 0 Å². The van der Waals surface area contributed by atoms with E-state index in [0.717, 1.165) is 10.6 Å². The maximum atomic E-state index is 11.8. The first-order valence-corrected chi connectivity index (χ1v) is 6.07. The van der Waals surface area contributed by atoms with Crippen molar-refractivity contribution >= 4 is 12.0 Å². The van der Waals surface area contributed by atoms with Crippen molar-refractivity contribution in [3.8, 4) is 0 Å². The number of carbonyl (C=O) groups is 1. The van der Waals surface area contributed by atoms with E-state index in [0.29, 0.717) is 13.0 Å². The van der Waals surface area contributed by atoms with Crippen molar-refractivity contribution in [1.82, 2.24) is 9.13 Å². The standard InChI is InChI=1S/C13H18N2O5/c1-14-9-10(12(17)15(2)13(14)18)5-6-11(16)20-8-4-7-19-3/h5-6,9H,4,7-8H2,1-3H3. The van der Waals surface area contributed by atoms with E-state index >= 15 is 0 Å². The highest BCUT2D eigenvalue weighted by atomic mass is 16.5. The average molecular weight is 282 g/mol. The molecule has 0 aliphatic heterocycles. The van der Waals surface area contributed by atoms with Gasteiger partial charge in [-0.25, -0.2) is 9.59 Å². The molecule has 0 aliphatic carbocycles. The van der Waals surface area contributed by atoms with Gasteiger partial charge in [-0.3, -0.25) is 9.36 Å². The van der Waals surface area contributed by atoms with Crippen LogP contribution in [0.25, 0.3) is 6.08 Å². The average Bonchev–Trinajstić information content (AvgIpc) is 2.43. The van der Waals surface area contributed by atoms with Crippen LogP contribution in [-0.2, 0) is 28.4 Å². The Bertz CT molecular complexity index is 612. The third-order valence-corrected chi connectivity index (χ3v) is 2.61. The van der Waals surface area contributed by atoms with Gasteiger partial charge in [0, 0.05) is 46.5 Å². The third kappa shape index (κ3) is 4.20. The Morgan fingerprint density at radius 1 is 1.30 bits per heavy atom. The zero-order valence-corrected chi connectivity index (χ0v) is 11.8. The molecule has 20 heavy (non-hydrogen) atoms. The molecule has 0 saturated heterocycles. The number of nitrogens with zero attached hydrogens (tertiary/aromatic N) is 2. The minimum absolute atomic E-state index is 0.239. The molecule has 1 aromatic rings. The molecule has 0 amide bonds. The molecule has 0 radical (unpaired) electrons. The predicted molar refractivity (Wildman–Crippen MR) is 73.4 cm³/mol. The highest BCUT2D eigenvalue weighted by Gasteiger charge is 2.04. The van der Waals surface area contributed by atoms with E-state index in [1.165, 1.54) is 30.9 Å². The summed E-state index contributed by atoms with van der Waals surface area (Å²) in [5, 5.41) is 0. The number of rotatable bonds is 6. The summed E-state index contributed by atoms with van der Waals surface area (Å²) in [4.78, 5) is 34.7. The molecule has 0 spiro atoms. The molecule has 0 unspecified atom stereocenters. The van der Waals surface area contributed by atoms with Crippen LogP contribution >= 0.6 is 0 Å². The monoisotopic (exact) mass is 282 g/mol. The van der Waals surface area contributed by atoms with Crippen molar-refractivity contribution < 1.29 is 14.3 Å². The van der Waals surface area contributed by atoms with Crippen LogP contribution in [0.5, 0.6) is 0 Å². The second kappa shape index (κ2) is 7.44. The molecule has 0 bridgehead atoms. The van der Waals surface area contributed by atoms with Crippen LogP contribution in [0.4, 0.5) is 0 Å². The van der Waals surface area contributed by atoms with E-state index in [2.05, 4.69) is 0 Å². The summed E-state index contributed by atoms with van der Waals surface area (Å²) >= 11 is 0. The predicted octanol–water partition coefficient (Wildman–Crippen LogP) is -0.323. The SMILES string of the molecule is COCCCOC(=O)C=Cc1cn(C)c(=O)n(C)c1=O. The van der Waals surface area contributed by atoms with E-state index in [1.807, 2.05) is 0 Å². The number of hydrogen-bond donors (Lipinski definition) is 0. The lowest BCUT2D eigenvalue weighted by Gasteiger charge is -2.03. The summed E-state index contributed by atoms with van der Waals surface area (Å²) in [5.41, 5.74) is -0.644. The molecule has 0 atom stereocenters. The molecule has 0 N–H and O–H groups in total. The first-order chi connectivity index (χ1) is 9.47. The maximum absolute atomic E-state index is 11.8. The second-order valence-corrected chi connectivity index (χ2v) is 4.19. The first-order valence-electron chi connectivity index (χ1n) is 6.07. The summed E-state index contributed by atoms with van der Waals surface area (Å²) < 4.78 is 12.0. The van der Waals surface area contributed by atoms with Crippen LogP contribution in [0.1, 0.15) is 12.0 Å². The molecule has 0 saturated carbocycles. The lowest BCUT2D eigenvalue weighted by molar-refractivity contribution is -0.138. The molecule has 0 aliphatic rings. The second-order valence-electron chi connectivity index (χ2n) is 4.19.